The van der Waals surface area contributed by atoms with Gasteiger partial charge < -0.3 is 9.32 Å². The van der Waals surface area contributed by atoms with Crippen LogP contribution in [0.15, 0.2) is 241 Å². The first-order valence-electron chi connectivity index (χ1n) is 23.8. The van der Waals surface area contributed by atoms with Crippen LogP contribution in [0.5, 0.6) is 0 Å². The van der Waals surface area contributed by atoms with Gasteiger partial charge in [0.15, 0.2) is 5.58 Å². The van der Waals surface area contributed by atoms with E-state index >= 15 is 0 Å². The van der Waals surface area contributed by atoms with Crippen molar-refractivity contribution in [3.8, 4) is 33.4 Å². The zero-order valence-electron chi connectivity index (χ0n) is 37.7. The Morgan fingerprint density at radius 3 is 1.33 bits per heavy atom. The lowest BCUT2D eigenvalue weighted by Crippen LogP contribution is -2.10. The highest BCUT2D eigenvalue weighted by Crippen LogP contribution is 2.49. The molecule has 3 heterocycles. The van der Waals surface area contributed by atoms with Gasteiger partial charge in [-0.3, -0.25) is 0 Å². The van der Waals surface area contributed by atoms with Gasteiger partial charge in [-0.15, -0.1) is 22.7 Å². The van der Waals surface area contributed by atoms with E-state index in [1.807, 2.05) is 22.7 Å². The van der Waals surface area contributed by atoms with Crippen molar-refractivity contribution in [2.24, 2.45) is 0 Å². The number of rotatable bonds is 6. The van der Waals surface area contributed by atoms with E-state index in [0.717, 1.165) is 50.1 Å². The topological polar surface area (TPSA) is 16.4 Å². The van der Waals surface area contributed by atoms with Crippen LogP contribution in [0.3, 0.4) is 0 Å². The fourth-order valence-corrected chi connectivity index (χ4v) is 13.7. The lowest BCUT2D eigenvalue weighted by Gasteiger charge is -2.26. The molecule has 0 amide bonds. The molecule has 0 unspecified atom stereocenters. The smallest absolute Gasteiger partial charge is 0.159 e. The molecule has 0 bridgehead atoms. The normalized spacial score (nSPS) is 12.0. The first-order valence-corrected chi connectivity index (χ1v) is 25.4. The lowest BCUT2D eigenvalue weighted by molar-refractivity contribution is 0.670. The molecule has 0 saturated heterocycles. The van der Waals surface area contributed by atoms with Crippen LogP contribution in [-0.2, 0) is 0 Å². The van der Waals surface area contributed by atoms with Crippen molar-refractivity contribution in [2.45, 2.75) is 0 Å². The number of anilines is 3. The molecule has 0 aliphatic rings. The standard InChI is InChI=1S/C66H39NOS2/c1-2-13-40(14-3-1)56-39-45-17-6-9-20-50(45)62-53-23-12-26-57(63(53)68-64(56)62)67(46-33-27-43(28-34-46)51-21-10-24-54-60-48-18-7-4-15-41(48)31-37-58(60)69-65(51)54)47-35-29-44(30-36-47)52-22-11-25-55-61-49-19-8-5-16-42(49)32-38-59(61)70-66(52)55/h1-39H. The van der Waals surface area contributed by atoms with Crippen molar-refractivity contribution in [1.29, 1.82) is 0 Å². The van der Waals surface area contributed by atoms with Crippen LogP contribution in [0.4, 0.5) is 17.1 Å². The Balaban J connectivity index is 0.915. The number of hydrogen-bond donors (Lipinski definition) is 0. The van der Waals surface area contributed by atoms with Gasteiger partial charge >= 0.3 is 0 Å². The summed E-state index contributed by atoms with van der Waals surface area (Å²) in [5.74, 6) is 0. The van der Waals surface area contributed by atoms with Gasteiger partial charge in [-0.1, -0.05) is 188 Å². The minimum Gasteiger partial charge on any atom is -0.453 e. The molecule has 0 N–H and O–H groups in total. The van der Waals surface area contributed by atoms with Gasteiger partial charge in [-0.25, -0.2) is 0 Å². The summed E-state index contributed by atoms with van der Waals surface area (Å²) in [6, 6.07) is 86.6. The molecule has 2 nitrogen and oxygen atoms in total. The molecule has 0 saturated carbocycles. The van der Waals surface area contributed by atoms with Crippen LogP contribution in [0.2, 0.25) is 0 Å². The summed E-state index contributed by atoms with van der Waals surface area (Å²) < 4.78 is 12.5. The van der Waals surface area contributed by atoms with Crippen molar-refractivity contribution in [3.05, 3.63) is 237 Å². The molecular weight excluding hydrogens is 887 g/mol. The summed E-state index contributed by atoms with van der Waals surface area (Å²) in [4.78, 5) is 2.38. The minimum atomic E-state index is 0.851. The molecule has 326 valence electrons. The Morgan fingerprint density at radius 2 is 0.757 bits per heavy atom. The Morgan fingerprint density at radius 1 is 0.300 bits per heavy atom. The summed E-state index contributed by atoms with van der Waals surface area (Å²) in [6.45, 7) is 0. The van der Waals surface area contributed by atoms with Gasteiger partial charge in [-0.05, 0) is 109 Å². The zero-order valence-corrected chi connectivity index (χ0v) is 39.3. The van der Waals surface area contributed by atoms with Crippen molar-refractivity contribution < 1.29 is 4.42 Å². The van der Waals surface area contributed by atoms with Gasteiger partial charge in [0.1, 0.15) is 5.58 Å². The third-order valence-electron chi connectivity index (χ3n) is 14.4. The van der Waals surface area contributed by atoms with Gasteiger partial charge in [0.05, 0.1) is 5.69 Å². The number of fused-ring (bicyclic) bond motifs is 15. The van der Waals surface area contributed by atoms with Gasteiger partial charge in [0, 0.05) is 68.1 Å². The Bertz CT molecular complexity index is 4380. The number of hydrogen-bond acceptors (Lipinski definition) is 4. The number of nitrogens with zero attached hydrogens (tertiary/aromatic N) is 1. The van der Waals surface area contributed by atoms with Crippen LogP contribution in [-0.4, -0.2) is 0 Å². The molecule has 15 aromatic rings. The molecule has 0 spiro atoms. The SMILES string of the molecule is c1ccc(-c2cc3ccccc3c3c2oc2c(N(c4ccc(-c5cccc6c5sc5ccc7ccccc7c56)cc4)c4ccc(-c5cccc6c5sc5ccc7ccccc7c56)cc4)cccc23)cc1. The molecule has 0 radical (unpaired) electrons. The molecule has 70 heavy (non-hydrogen) atoms. The molecule has 0 fully saturated rings. The molecule has 0 aliphatic heterocycles. The van der Waals surface area contributed by atoms with Gasteiger partial charge in [-0.2, -0.15) is 0 Å². The van der Waals surface area contributed by atoms with E-state index in [4.69, 9.17) is 4.42 Å². The second-order valence-electron chi connectivity index (χ2n) is 18.3. The Labute approximate surface area is 411 Å². The number of benzene rings is 12. The monoisotopic (exact) mass is 925 g/mol. The maximum atomic E-state index is 7.26. The molecular formula is C66H39NOS2. The van der Waals surface area contributed by atoms with Crippen LogP contribution in [0, 0.1) is 0 Å². The summed E-state index contributed by atoms with van der Waals surface area (Å²) in [5.41, 5.74) is 11.9. The molecule has 15 rings (SSSR count). The highest BCUT2D eigenvalue weighted by molar-refractivity contribution is 7.27. The molecule has 3 aromatic heterocycles. The van der Waals surface area contributed by atoms with Crippen LogP contribution >= 0.6 is 22.7 Å². The van der Waals surface area contributed by atoms with E-state index in [0.29, 0.717) is 0 Å². The van der Waals surface area contributed by atoms with Crippen molar-refractivity contribution >= 4 is 134 Å². The molecule has 4 heteroatoms. The van der Waals surface area contributed by atoms with E-state index < -0.39 is 0 Å². The third kappa shape index (κ3) is 5.97. The fraction of sp³-hybridized carbons (Fsp3) is 0. The Hall–Kier alpha value is -8.54. The first-order chi connectivity index (χ1) is 34.7. The van der Waals surface area contributed by atoms with E-state index in [1.165, 1.54) is 94.9 Å². The van der Waals surface area contributed by atoms with E-state index in [-0.39, 0.29) is 0 Å². The van der Waals surface area contributed by atoms with Crippen molar-refractivity contribution in [3.63, 3.8) is 0 Å². The highest BCUT2D eigenvalue weighted by atomic mass is 32.1. The van der Waals surface area contributed by atoms with E-state index in [9.17, 15) is 0 Å². The average molecular weight is 926 g/mol. The van der Waals surface area contributed by atoms with E-state index in [1.54, 1.807) is 0 Å². The van der Waals surface area contributed by atoms with Crippen LogP contribution in [0.25, 0.3) is 128 Å². The fourth-order valence-electron chi connectivity index (χ4n) is 11.2. The zero-order chi connectivity index (χ0) is 45.9. The predicted molar refractivity (Wildman–Crippen MR) is 303 cm³/mol. The van der Waals surface area contributed by atoms with E-state index in [2.05, 4.69) is 241 Å². The van der Waals surface area contributed by atoms with Crippen LogP contribution < -0.4 is 4.90 Å². The maximum absolute atomic E-state index is 7.26. The maximum Gasteiger partial charge on any atom is 0.159 e. The molecule has 0 atom stereocenters. The summed E-state index contributed by atoms with van der Waals surface area (Å²) >= 11 is 3.77. The average Bonchev–Trinajstić information content (AvgIpc) is 4.14. The first kappa shape index (κ1) is 39.5. The molecule has 12 aromatic carbocycles. The van der Waals surface area contributed by atoms with Crippen molar-refractivity contribution in [2.75, 3.05) is 4.90 Å². The third-order valence-corrected chi connectivity index (χ3v) is 16.9. The highest BCUT2D eigenvalue weighted by Gasteiger charge is 2.24. The quantitative estimate of drug-likeness (QED) is 0.165. The van der Waals surface area contributed by atoms with Gasteiger partial charge in [0.25, 0.3) is 0 Å². The number of thiophene rings is 2. The second-order valence-corrected chi connectivity index (χ2v) is 20.4. The predicted octanol–water partition coefficient (Wildman–Crippen LogP) is 20.3. The molecule has 0 aliphatic carbocycles. The summed E-state index contributed by atoms with van der Waals surface area (Å²) in [6.07, 6.45) is 0. The summed E-state index contributed by atoms with van der Waals surface area (Å²) in [7, 11) is 0. The van der Waals surface area contributed by atoms with Crippen molar-refractivity contribution in [1.82, 2.24) is 0 Å². The lowest BCUT2D eigenvalue weighted by atomic mass is 9.96. The number of furan rings is 1. The van der Waals surface area contributed by atoms with Crippen LogP contribution in [0.1, 0.15) is 0 Å². The number of para-hydroxylation sites is 1. The Kier molecular flexibility index (Phi) is 8.73. The second kappa shape index (κ2) is 15.5. The minimum absolute atomic E-state index is 0.851. The largest absolute Gasteiger partial charge is 0.453 e. The van der Waals surface area contributed by atoms with Gasteiger partial charge in [0.2, 0.25) is 0 Å². The summed E-state index contributed by atoms with van der Waals surface area (Å²) in [5, 5.41) is 15.0.